The van der Waals surface area contributed by atoms with E-state index in [0.717, 1.165) is 38.1 Å². The van der Waals surface area contributed by atoms with Gasteiger partial charge in [-0.2, -0.15) is 0 Å². The molecule has 4 rings (SSSR count). The minimum Gasteiger partial charge on any atom is -0.381 e. The molecule has 1 spiro atoms. The van der Waals surface area contributed by atoms with E-state index in [2.05, 4.69) is 27.4 Å². The maximum Gasteiger partial charge on any atom is 0.191 e. The number of nitrogens with one attached hydrogen (secondary N) is 2. The first-order chi connectivity index (χ1) is 13.2. The number of nitrogens with zero attached hydrogens (tertiary/aromatic N) is 2. The Kier molecular flexibility index (Phi) is 8.27. The molecule has 2 saturated heterocycles. The summed E-state index contributed by atoms with van der Waals surface area (Å²) in [7, 11) is 1.90. The van der Waals surface area contributed by atoms with Crippen molar-refractivity contribution in [2.45, 2.75) is 70.1 Å². The van der Waals surface area contributed by atoms with Gasteiger partial charge in [0, 0.05) is 57.4 Å². The van der Waals surface area contributed by atoms with Crippen molar-refractivity contribution in [1.82, 2.24) is 15.5 Å². The molecule has 162 valence electrons. The molecule has 0 aromatic carbocycles. The van der Waals surface area contributed by atoms with Gasteiger partial charge >= 0.3 is 0 Å². The van der Waals surface area contributed by atoms with Crippen LogP contribution in [0.2, 0.25) is 0 Å². The molecule has 2 N–H and O–H groups in total. The van der Waals surface area contributed by atoms with E-state index in [4.69, 9.17) is 9.47 Å². The van der Waals surface area contributed by atoms with Crippen molar-refractivity contribution < 1.29 is 9.47 Å². The molecule has 0 bridgehead atoms. The second-order valence-electron chi connectivity index (χ2n) is 8.98. The molecular formula is C21H39IN4O2. The third kappa shape index (κ3) is 4.78. The number of guanidine groups is 1. The number of hydrogen-bond donors (Lipinski definition) is 2. The summed E-state index contributed by atoms with van der Waals surface area (Å²) in [5.74, 6) is 1.74. The third-order valence-corrected chi connectivity index (χ3v) is 7.44. The Morgan fingerprint density at radius 2 is 2.00 bits per heavy atom. The molecule has 2 saturated carbocycles. The zero-order valence-electron chi connectivity index (χ0n) is 17.6. The SMILES string of the molecule is CCOC1CC(NC(=NC)NC2CCN(CC3CCOC3)CC2)C12CCC2.I. The molecule has 0 radical (unpaired) electrons. The highest BCUT2D eigenvalue weighted by molar-refractivity contribution is 14.0. The average Bonchev–Trinajstić information content (AvgIpc) is 3.13. The van der Waals surface area contributed by atoms with Crippen molar-refractivity contribution in [3.63, 3.8) is 0 Å². The summed E-state index contributed by atoms with van der Waals surface area (Å²) < 4.78 is 11.5. The van der Waals surface area contributed by atoms with Crippen LogP contribution in [-0.2, 0) is 9.47 Å². The highest BCUT2D eigenvalue weighted by Gasteiger charge is 2.59. The van der Waals surface area contributed by atoms with Gasteiger partial charge in [-0.05, 0) is 51.4 Å². The summed E-state index contributed by atoms with van der Waals surface area (Å²) >= 11 is 0. The first-order valence-electron chi connectivity index (χ1n) is 11.1. The fourth-order valence-corrected chi connectivity index (χ4v) is 5.52. The van der Waals surface area contributed by atoms with E-state index in [1.165, 1.54) is 58.2 Å². The highest BCUT2D eigenvalue weighted by Crippen LogP contribution is 2.57. The van der Waals surface area contributed by atoms with Gasteiger partial charge in [-0.1, -0.05) is 6.42 Å². The van der Waals surface area contributed by atoms with Crippen molar-refractivity contribution in [2.24, 2.45) is 16.3 Å². The number of aliphatic imine (C=N–C) groups is 1. The monoisotopic (exact) mass is 506 g/mol. The summed E-state index contributed by atoms with van der Waals surface area (Å²) in [6.07, 6.45) is 9.16. The van der Waals surface area contributed by atoms with Crippen LogP contribution >= 0.6 is 24.0 Å². The van der Waals surface area contributed by atoms with Gasteiger partial charge in [0.1, 0.15) is 0 Å². The molecule has 0 aromatic heterocycles. The number of rotatable bonds is 6. The van der Waals surface area contributed by atoms with Crippen LogP contribution in [0.15, 0.2) is 4.99 Å². The van der Waals surface area contributed by atoms with Crippen LogP contribution < -0.4 is 10.6 Å². The molecular weight excluding hydrogens is 467 g/mol. The Balaban J connectivity index is 0.00000225. The zero-order chi connectivity index (χ0) is 18.7. The van der Waals surface area contributed by atoms with Gasteiger partial charge in [-0.3, -0.25) is 4.99 Å². The first-order valence-corrected chi connectivity index (χ1v) is 11.1. The van der Waals surface area contributed by atoms with Crippen molar-refractivity contribution in [1.29, 1.82) is 0 Å². The van der Waals surface area contributed by atoms with Crippen LogP contribution in [0.5, 0.6) is 0 Å². The van der Waals surface area contributed by atoms with E-state index in [1.807, 2.05) is 7.05 Å². The first kappa shape index (κ1) is 22.6. The minimum atomic E-state index is 0. The normalized spacial score (nSPS) is 33.1. The predicted molar refractivity (Wildman–Crippen MR) is 124 cm³/mol. The molecule has 4 fully saturated rings. The summed E-state index contributed by atoms with van der Waals surface area (Å²) in [6.45, 7) is 8.44. The number of ether oxygens (including phenoxy) is 2. The Morgan fingerprint density at radius 3 is 2.57 bits per heavy atom. The van der Waals surface area contributed by atoms with Crippen LogP contribution in [0.25, 0.3) is 0 Å². The van der Waals surface area contributed by atoms with E-state index < -0.39 is 0 Å². The van der Waals surface area contributed by atoms with Crippen LogP contribution in [0.1, 0.15) is 51.9 Å². The zero-order valence-corrected chi connectivity index (χ0v) is 20.0. The van der Waals surface area contributed by atoms with E-state index >= 15 is 0 Å². The van der Waals surface area contributed by atoms with Gasteiger partial charge in [-0.25, -0.2) is 0 Å². The van der Waals surface area contributed by atoms with Crippen molar-refractivity contribution in [3.8, 4) is 0 Å². The Labute approximate surface area is 187 Å². The van der Waals surface area contributed by atoms with Gasteiger partial charge in [0.25, 0.3) is 0 Å². The standard InChI is InChI=1S/C21H38N4O2.HI/c1-3-27-19-13-18(21(19)8-4-9-21)24-20(22-2)23-17-5-10-25(11-6-17)14-16-7-12-26-15-16;/h16-19H,3-15H2,1-2H3,(H2,22,23,24);1H. The van der Waals surface area contributed by atoms with E-state index in [1.54, 1.807) is 0 Å². The second kappa shape index (κ2) is 10.3. The number of halogens is 1. The molecule has 7 heteroatoms. The molecule has 4 aliphatic rings. The summed E-state index contributed by atoms with van der Waals surface area (Å²) in [4.78, 5) is 7.15. The maximum atomic E-state index is 5.98. The maximum absolute atomic E-state index is 5.98. The molecule has 3 unspecified atom stereocenters. The Hall–Kier alpha value is -0.120. The molecule has 0 aromatic rings. The lowest BCUT2D eigenvalue weighted by atomic mass is 9.51. The fourth-order valence-electron chi connectivity index (χ4n) is 5.52. The van der Waals surface area contributed by atoms with Crippen LogP contribution in [0.3, 0.4) is 0 Å². The largest absolute Gasteiger partial charge is 0.381 e. The van der Waals surface area contributed by atoms with Crippen LogP contribution in [0, 0.1) is 11.3 Å². The Bertz CT molecular complexity index is 515. The number of piperidine rings is 1. The lowest BCUT2D eigenvalue weighted by Crippen LogP contribution is -2.69. The Morgan fingerprint density at radius 1 is 1.21 bits per heavy atom. The fraction of sp³-hybridized carbons (Fsp3) is 0.952. The minimum absolute atomic E-state index is 0. The number of likely N-dealkylation sites (tertiary alicyclic amines) is 1. The predicted octanol–water partition coefficient (Wildman–Crippen LogP) is 2.62. The summed E-state index contributed by atoms with van der Waals surface area (Å²) in [5, 5.41) is 7.43. The molecule has 3 atom stereocenters. The molecule has 2 heterocycles. The molecule has 6 nitrogen and oxygen atoms in total. The van der Waals surface area contributed by atoms with Crippen molar-refractivity contribution in [3.05, 3.63) is 0 Å². The van der Waals surface area contributed by atoms with E-state index in [0.29, 0.717) is 23.6 Å². The van der Waals surface area contributed by atoms with Crippen LogP contribution in [-0.4, -0.2) is 75.5 Å². The van der Waals surface area contributed by atoms with E-state index in [-0.39, 0.29) is 24.0 Å². The number of hydrogen-bond acceptors (Lipinski definition) is 4. The molecule has 28 heavy (non-hydrogen) atoms. The highest BCUT2D eigenvalue weighted by atomic mass is 127. The topological polar surface area (TPSA) is 58.1 Å². The summed E-state index contributed by atoms with van der Waals surface area (Å²) in [5.41, 5.74) is 0.375. The van der Waals surface area contributed by atoms with Crippen LogP contribution in [0.4, 0.5) is 0 Å². The van der Waals surface area contributed by atoms with Gasteiger partial charge < -0.3 is 25.0 Å². The quantitative estimate of drug-likeness (QED) is 0.330. The van der Waals surface area contributed by atoms with Crippen molar-refractivity contribution in [2.75, 3.05) is 46.5 Å². The average molecular weight is 506 g/mol. The smallest absolute Gasteiger partial charge is 0.191 e. The summed E-state index contributed by atoms with van der Waals surface area (Å²) in [6, 6.07) is 1.06. The van der Waals surface area contributed by atoms with E-state index in [9.17, 15) is 0 Å². The molecule has 0 amide bonds. The van der Waals surface area contributed by atoms with Gasteiger partial charge in [0.2, 0.25) is 0 Å². The molecule has 2 aliphatic heterocycles. The lowest BCUT2D eigenvalue weighted by molar-refractivity contribution is -0.168. The third-order valence-electron chi connectivity index (χ3n) is 7.44. The second-order valence-corrected chi connectivity index (χ2v) is 8.98. The molecule has 2 aliphatic carbocycles. The van der Waals surface area contributed by atoms with Gasteiger partial charge in [-0.15, -0.1) is 24.0 Å². The van der Waals surface area contributed by atoms with Gasteiger partial charge in [0.05, 0.1) is 12.7 Å². The van der Waals surface area contributed by atoms with Gasteiger partial charge in [0.15, 0.2) is 5.96 Å². The van der Waals surface area contributed by atoms with Crippen molar-refractivity contribution >= 4 is 29.9 Å². The lowest BCUT2D eigenvalue weighted by Gasteiger charge is -2.61.